The average molecular weight is 173 g/mol. The Bertz CT molecular complexity index is 116. The van der Waals surface area contributed by atoms with Gasteiger partial charge in [0.15, 0.2) is 0 Å². The van der Waals surface area contributed by atoms with E-state index < -0.39 is 0 Å². The molecular formula is C9H19NS. The van der Waals surface area contributed by atoms with Crippen LogP contribution in [-0.4, -0.2) is 17.2 Å². The summed E-state index contributed by atoms with van der Waals surface area (Å²) in [5.41, 5.74) is 0. The molecule has 11 heavy (non-hydrogen) atoms. The predicted octanol–water partition coefficient (Wildman–Crippen LogP) is 2.47. The van der Waals surface area contributed by atoms with Crippen LogP contribution in [0.3, 0.4) is 0 Å². The maximum atomic E-state index is 3.55. The van der Waals surface area contributed by atoms with Crippen molar-refractivity contribution in [2.24, 2.45) is 5.92 Å². The Morgan fingerprint density at radius 3 is 2.82 bits per heavy atom. The van der Waals surface area contributed by atoms with Gasteiger partial charge in [-0.1, -0.05) is 27.2 Å². The molecule has 3 unspecified atom stereocenters. The van der Waals surface area contributed by atoms with Crippen LogP contribution in [0, 0.1) is 5.92 Å². The first kappa shape index (κ1) is 9.40. The molecule has 0 aromatic heterocycles. The van der Waals surface area contributed by atoms with Crippen LogP contribution in [0.2, 0.25) is 0 Å². The average Bonchev–Trinajstić information content (AvgIpc) is 2.36. The molecule has 0 spiro atoms. The topological polar surface area (TPSA) is 12.0 Å². The molecule has 2 heteroatoms. The van der Waals surface area contributed by atoms with Crippen molar-refractivity contribution in [2.45, 2.75) is 44.2 Å². The SMILES string of the molecule is CCCC(C)C1NCC(C)S1. The molecule has 0 radical (unpaired) electrons. The number of thioether (sulfide) groups is 1. The van der Waals surface area contributed by atoms with Gasteiger partial charge in [-0.05, 0) is 12.3 Å². The van der Waals surface area contributed by atoms with Crippen molar-refractivity contribution < 1.29 is 0 Å². The summed E-state index contributed by atoms with van der Waals surface area (Å²) in [6.07, 6.45) is 2.67. The van der Waals surface area contributed by atoms with Gasteiger partial charge in [-0.25, -0.2) is 0 Å². The first-order chi connectivity index (χ1) is 5.24. The van der Waals surface area contributed by atoms with Crippen molar-refractivity contribution in [3.63, 3.8) is 0 Å². The maximum Gasteiger partial charge on any atom is 0.0561 e. The lowest BCUT2D eigenvalue weighted by Crippen LogP contribution is -2.26. The molecule has 1 fully saturated rings. The molecular weight excluding hydrogens is 154 g/mol. The normalized spacial score (nSPS) is 34.1. The molecule has 1 heterocycles. The van der Waals surface area contributed by atoms with Gasteiger partial charge >= 0.3 is 0 Å². The van der Waals surface area contributed by atoms with Crippen LogP contribution in [-0.2, 0) is 0 Å². The van der Waals surface area contributed by atoms with Crippen molar-refractivity contribution in [2.75, 3.05) is 6.54 Å². The Morgan fingerprint density at radius 1 is 1.64 bits per heavy atom. The van der Waals surface area contributed by atoms with E-state index in [2.05, 4.69) is 37.8 Å². The summed E-state index contributed by atoms with van der Waals surface area (Å²) in [7, 11) is 0. The van der Waals surface area contributed by atoms with Crippen LogP contribution in [0.4, 0.5) is 0 Å². The van der Waals surface area contributed by atoms with Gasteiger partial charge in [0, 0.05) is 11.8 Å². The Balaban J connectivity index is 2.25. The maximum absolute atomic E-state index is 3.55. The fourth-order valence-electron chi connectivity index (χ4n) is 1.57. The second-order valence-electron chi connectivity index (χ2n) is 3.54. The largest absolute Gasteiger partial charge is 0.304 e. The quantitative estimate of drug-likeness (QED) is 0.703. The fraction of sp³-hybridized carbons (Fsp3) is 1.00. The van der Waals surface area contributed by atoms with Crippen molar-refractivity contribution in [3.8, 4) is 0 Å². The summed E-state index contributed by atoms with van der Waals surface area (Å²) in [6.45, 7) is 8.12. The second-order valence-corrected chi connectivity index (χ2v) is 5.13. The number of rotatable bonds is 3. The van der Waals surface area contributed by atoms with Crippen molar-refractivity contribution >= 4 is 11.8 Å². The van der Waals surface area contributed by atoms with Crippen molar-refractivity contribution in [3.05, 3.63) is 0 Å². The third-order valence-electron chi connectivity index (χ3n) is 2.25. The molecule has 1 saturated heterocycles. The minimum Gasteiger partial charge on any atom is -0.304 e. The van der Waals surface area contributed by atoms with E-state index in [0.717, 1.165) is 16.5 Å². The predicted molar refractivity (Wildman–Crippen MR) is 52.9 cm³/mol. The summed E-state index contributed by atoms with van der Waals surface area (Å²) >= 11 is 2.10. The van der Waals surface area contributed by atoms with E-state index in [1.165, 1.54) is 19.4 Å². The van der Waals surface area contributed by atoms with Gasteiger partial charge in [0.25, 0.3) is 0 Å². The van der Waals surface area contributed by atoms with E-state index in [4.69, 9.17) is 0 Å². The zero-order valence-corrected chi connectivity index (χ0v) is 8.58. The third-order valence-corrected chi connectivity index (χ3v) is 3.80. The minimum absolute atomic E-state index is 0.727. The molecule has 3 atom stereocenters. The monoisotopic (exact) mass is 173 g/mol. The highest BCUT2D eigenvalue weighted by atomic mass is 32.2. The number of hydrogen-bond acceptors (Lipinski definition) is 2. The Labute approximate surface area is 74.3 Å². The summed E-state index contributed by atoms with van der Waals surface area (Å²) in [6, 6.07) is 0. The summed E-state index contributed by atoms with van der Waals surface area (Å²) in [4.78, 5) is 0. The van der Waals surface area contributed by atoms with Crippen LogP contribution in [0.5, 0.6) is 0 Å². The molecule has 0 amide bonds. The minimum atomic E-state index is 0.727. The van der Waals surface area contributed by atoms with Crippen molar-refractivity contribution in [1.82, 2.24) is 5.32 Å². The zero-order chi connectivity index (χ0) is 8.27. The summed E-state index contributed by atoms with van der Waals surface area (Å²) in [5, 5.41) is 5.10. The van der Waals surface area contributed by atoms with Gasteiger partial charge < -0.3 is 5.32 Å². The zero-order valence-electron chi connectivity index (χ0n) is 7.76. The lowest BCUT2D eigenvalue weighted by Gasteiger charge is -2.17. The highest BCUT2D eigenvalue weighted by molar-refractivity contribution is 8.00. The molecule has 1 rings (SSSR count). The van der Waals surface area contributed by atoms with Crippen LogP contribution < -0.4 is 5.32 Å². The Kier molecular flexibility index (Phi) is 3.73. The van der Waals surface area contributed by atoms with E-state index >= 15 is 0 Å². The Morgan fingerprint density at radius 2 is 2.36 bits per heavy atom. The van der Waals surface area contributed by atoms with E-state index in [-0.39, 0.29) is 0 Å². The number of nitrogens with one attached hydrogen (secondary N) is 1. The summed E-state index contributed by atoms with van der Waals surface area (Å²) < 4.78 is 0. The molecule has 1 aliphatic rings. The first-order valence-corrected chi connectivity index (χ1v) is 5.57. The highest BCUT2D eigenvalue weighted by Crippen LogP contribution is 2.29. The Hall–Kier alpha value is 0.310. The van der Waals surface area contributed by atoms with Gasteiger partial charge in [0.2, 0.25) is 0 Å². The molecule has 1 aliphatic heterocycles. The fourth-order valence-corrected chi connectivity index (χ4v) is 2.86. The van der Waals surface area contributed by atoms with Crippen molar-refractivity contribution in [1.29, 1.82) is 0 Å². The van der Waals surface area contributed by atoms with Gasteiger partial charge in [0.1, 0.15) is 0 Å². The molecule has 0 aromatic carbocycles. The van der Waals surface area contributed by atoms with Crippen LogP contribution in [0.1, 0.15) is 33.6 Å². The van der Waals surface area contributed by atoms with E-state index in [1.807, 2.05) is 0 Å². The molecule has 0 saturated carbocycles. The van der Waals surface area contributed by atoms with Gasteiger partial charge in [0.05, 0.1) is 5.37 Å². The van der Waals surface area contributed by atoms with Gasteiger partial charge in [-0.15, -0.1) is 11.8 Å². The molecule has 0 aliphatic carbocycles. The smallest absolute Gasteiger partial charge is 0.0561 e. The first-order valence-electron chi connectivity index (χ1n) is 4.63. The van der Waals surface area contributed by atoms with Crippen LogP contribution >= 0.6 is 11.8 Å². The number of hydrogen-bond donors (Lipinski definition) is 1. The molecule has 1 nitrogen and oxygen atoms in total. The second kappa shape index (κ2) is 4.36. The highest BCUT2D eigenvalue weighted by Gasteiger charge is 2.25. The third kappa shape index (κ3) is 2.68. The van der Waals surface area contributed by atoms with Gasteiger partial charge in [-0.2, -0.15) is 0 Å². The van der Waals surface area contributed by atoms with E-state index in [0.29, 0.717) is 0 Å². The van der Waals surface area contributed by atoms with E-state index in [9.17, 15) is 0 Å². The summed E-state index contributed by atoms with van der Waals surface area (Å²) in [5.74, 6) is 0.843. The molecule has 1 N–H and O–H groups in total. The lowest BCUT2D eigenvalue weighted by molar-refractivity contribution is 0.463. The van der Waals surface area contributed by atoms with Gasteiger partial charge in [-0.3, -0.25) is 0 Å². The standard InChI is InChI=1S/C9H19NS/c1-4-5-7(2)9-10-6-8(3)11-9/h7-10H,4-6H2,1-3H3. The van der Waals surface area contributed by atoms with Crippen LogP contribution in [0.25, 0.3) is 0 Å². The lowest BCUT2D eigenvalue weighted by atomic mass is 10.1. The molecule has 0 bridgehead atoms. The van der Waals surface area contributed by atoms with Crippen LogP contribution in [0.15, 0.2) is 0 Å². The molecule has 66 valence electrons. The van der Waals surface area contributed by atoms with E-state index in [1.54, 1.807) is 0 Å². The molecule has 0 aromatic rings.